The molecule has 0 saturated carbocycles. The minimum absolute atomic E-state index is 0.00119. The summed E-state index contributed by atoms with van der Waals surface area (Å²) < 4.78 is 21.1. The number of hydrogen-bond donors (Lipinski definition) is 0. The Morgan fingerprint density at radius 2 is 2.06 bits per heavy atom. The molecule has 0 bridgehead atoms. The van der Waals surface area contributed by atoms with Crippen molar-refractivity contribution in [2.75, 3.05) is 13.1 Å². The van der Waals surface area contributed by atoms with Crippen LogP contribution in [0.1, 0.15) is 29.1 Å². The first-order valence-corrected chi connectivity index (χ1v) is 10.6. The first-order valence-electron chi connectivity index (χ1n) is 10.6. The number of likely N-dealkylation sites (tertiary alicyclic amines) is 1. The molecule has 32 heavy (non-hydrogen) atoms. The minimum Gasteiger partial charge on any atom is -0.339 e. The maximum atomic E-state index is 14.0. The van der Waals surface area contributed by atoms with Gasteiger partial charge in [-0.2, -0.15) is 10.1 Å². The molecule has 1 atom stereocenters. The fourth-order valence-electron chi connectivity index (χ4n) is 4.14. The molecule has 1 aliphatic heterocycles. The maximum Gasteiger partial charge on any atom is 0.253 e. The number of carbonyl (C=O) groups is 1. The molecule has 0 N–H and O–H groups in total. The van der Waals surface area contributed by atoms with Crippen molar-refractivity contribution in [3.63, 3.8) is 0 Å². The predicted molar refractivity (Wildman–Crippen MR) is 116 cm³/mol. The molecule has 7 nitrogen and oxygen atoms in total. The van der Waals surface area contributed by atoms with Crippen LogP contribution in [0.5, 0.6) is 0 Å². The van der Waals surface area contributed by atoms with Crippen LogP contribution in [-0.4, -0.2) is 43.8 Å². The molecule has 1 amide bonds. The Morgan fingerprint density at radius 3 is 2.91 bits per heavy atom. The van der Waals surface area contributed by atoms with E-state index >= 15 is 0 Å². The zero-order chi connectivity index (χ0) is 21.9. The summed E-state index contributed by atoms with van der Waals surface area (Å²) in [5.41, 5.74) is 1.80. The molecule has 162 valence electrons. The van der Waals surface area contributed by atoms with Gasteiger partial charge in [-0.1, -0.05) is 23.4 Å². The highest BCUT2D eigenvalue weighted by Gasteiger charge is 2.26. The van der Waals surface area contributed by atoms with Crippen LogP contribution < -0.4 is 0 Å². The zero-order valence-corrected chi connectivity index (χ0v) is 17.4. The number of rotatable bonds is 5. The van der Waals surface area contributed by atoms with Gasteiger partial charge in [0.05, 0.1) is 11.3 Å². The number of halogens is 1. The van der Waals surface area contributed by atoms with Crippen molar-refractivity contribution < 1.29 is 13.7 Å². The minimum atomic E-state index is -0.383. The fourth-order valence-corrected chi connectivity index (χ4v) is 4.14. The highest BCUT2D eigenvalue weighted by atomic mass is 19.1. The molecule has 4 aromatic rings. The predicted octanol–water partition coefficient (Wildman–Crippen LogP) is 4.16. The molecular weight excluding hydrogens is 409 g/mol. The van der Waals surface area contributed by atoms with Gasteiger partial charge in [0.15, 0.2) is 0 Å². The molecule has 3 heterocycles. The molecular formula is C24H22FN5O2. The number of carbonyl (C=O) groups excluding carboxylic acids is 1. The monoisotopic (exact) mass is 431 g/mol. The third-order valence-electron chi connectivity index (χ3n) is 5.71. The van der Waals surface area contributed by atoms with Gasteiger partial charge in [0.2, 0.25) is 11.7 Å². The molecule has 8 heteroatoms. The number of amides is 1. The first-order chi connectivity index (χ1) is 15.7. The number of benzene rings is 2. The number of piperidine rings is 1. The van der Waals surface area contributed by atoms with Crippen molar-refractivity contribution in [2.45, 2.75) is 19.3 Å². The summed E-state index contributed by atoms with van der Waals surface area (Å²) in [5.74, 6) is 0.532. The highest BCUT2D eigenvalue weighted by molar-refractivity contribution is 5.94. The van der Waals surface area contributed by atoms with E-state index in [1.807, 2.05) is 41.4 Å². The number of hydrogen-bond acceptors (Lipinski definition) is 5. The smallest absolute Gasteiger partial charge is 0.253 e. The van der Waals surface area contributed by atoms with Crippen molar-refractivity contribution in [2.24, 2.45) is 5.92 Å². The van der Waals surface area contributed by atoms with Crippen LogP contribution in [0, 0.1) is 11.7 Å². The van der Waals surface area contributed by atoms with E-state index < -0.39 is 0 Å². The van der Waals surface area contributed by atoms with E-state index in [0.717, 1.165) is 18.5 Å². The lowest BCUT2D eigenvalue weighted by Crippen LogP contribution is -2.40. The maximum absolute atomic E-state index is 14.0. The topological polar surface area (TPSA) is 77.1 Å². The first kappa shape index (κ1) is 20.1. The van der Waals surface area contributed by atoms with E-state index in [1.54, 1.807) is 29.1 Å². The Morgan fingerprint density at radius 1 is 1.16 bits per heavy atom. The van der Waals surface area contributed by atoms with Gasteiger partial charge < -0.3 is 9.42 Å². The van der Waals surface area contributed by atoms with Gasteiger partial charge in [-0.3, -0.25) is 4.79 Å². The van der Waals surface area contributed by atoms with E-state index in [9.17, 15) is 9.18 Å². The number of aromatic nitrogens is 4. The Hall–Kier alpha value is -3.81. The molecule has 0 spiro atoms. The lowest BCUT2D eigenvalue weighted by molar-refractivity contribution is 0.0668. The van der Waals surface area contributed by atoms with Gasteiger partial charge in [0, 0.05) is 37.5 Å². The highest BCUT2D eigenvalue weighted by Crippen LogP contribution is 2.24. The van der Waals surface area contributed by atoms with Gasteiger partial charge in [0.1, 0.15) is 5.82 Å². The Kier molecular flexibility index (Phi) is 5.49. The molecule has 1 aliphatic rings. The molecule has 5 rings (SSSR count). The largest absolute Gasteiger partial charge is 0.339 e. The molecule has 1 saturated heterocycles. The molecule has 2 aromatic carbocycles. The van der Waals surface area contributed by atoms with Gasteiger partial charge in [-0.05, 0) is 55.2 Å². The van der Waals surface area contributed by atoms with Crippen molar-refractivity contribution in [1.29, 1.82) is 0 Å². The van der Waals surface area contributed by atoms with Gasteiger partial charge in [-0.15, -0.1) is 0 Å². The van der Waals surface area contributed by atoms with Crippen molar-refractivity contribution in [3.05, 3.63) is 84.3 Å². The Balaban J connectivity index is 1.27. The van der Waals surface area contributed by atoms with Crippen LogP contribution in [-0.2, 0) is 6.42 Å². The second-order valence-electron chi connectivity index (χ2n) is 7.96. The summed E-state index contributed by atoms with van der Waals surface area (Å²) in [5, 5.41) is 8.17. The molecule has 1 fully saturated rings. The standard InChI is InChI=1S/C24H22FN5O2/c25-21-10-2-1-9-20(21)23-27-22(32-28-23)14-17-6-4-12-29(16-17)24(31)18-7-3-8-19(15-18)30-13-5-11-26-30/h1-3,5,7-11,13,15,17H,4,6,12,14,16H2. The van der Waals surface area contributed by atoms with E-state index in [4.69, 9.17) is 4.52 Å². The van der Waals surface area contributed by atoms with Gasteiger partial charge in [0.25, 0.3) is 5.91 Å². The third kappa shape index (κ3) is 4.16. The third-order valence-corrected chi connectivity index (χ3v) is 5.71. The molecule has 0 aliphatic carbocycles. The second-order valence-corrected chi connectivity index (χ2v) is 7.96. The van der Waals surface area contributed by atoms with E-state index in [1.165, 1.54) is 6.07 Å². The van der Waals surface area contributed by atoms with E-state index in [0.29, 0.717) is 36.5 Å². The lowest BCUT2D eigenvalue weighted by Gasteiger charge is -2.32. The van der Waals surface area contributed by atoms with Crippen LogP contribution in [0.25, 0.3) is 17.1 Å². The summed E-state index contributed by atoms with van der Waals surface area (Å²) in [4.78, 5) is 19.4. The van der Waals surface area contributed by atoms with Crippen LogP contribution in [0.4, 0.5) is 4.39 Å². The van der Waals surface area contributed by atoms with Crippen molar-refractivity contribution in [3.8, 4) is 17.1 Å². The second kappa shape index (κ2) is 8.74. The molecule has 2 aromatic heterocycles. The molecule has 0 radical (unpaired) electrons. The van der Waals surface area contributed by atoms with Gasteiger partial charge >= 0.3 is 0 Å². The lowest BCUT2D eigenvalue weighted by atomic mass is 9.94. The Labute approximate surface area is 184 Å². The van der Waals surface area contributed by atoms with Crippen molar-refractivity contribution >= 4 is 5.91 Å². The summed E-state index contributed by atoms with van der Waals surface area (Å²) in [6.45, 7) is 1.33. The van der Waals surface area contributed by atoms with Gasteiger partial charge in [-0.25, -0.2) is 9.07 Å². The van der Waals surface area contributed by atoms with Crippen LogP contribution in [0.15, 0.2) is 71.5 Å². The summed E-state index contributed by atoms with van der Waals surface area (Å²) in [6, 6.07) is 15.7. The quantitative estimate of drug-likeness (QED) is 0.474. The number of nitrogens with zero attached hydrogens (tertiary/aromatic N) is 5. The summed E-state index contributed by atoms with van der Waals surface area (Å²) in [7, 11) is 0. The van der Waals surface area contributed by atoms with Crippen molar-refractivity contribution in [1.82, 2.24) is 24.8 Å². The summed E-state index contributed by atoms with van der Waals surface area (Å²) in [6.07, 6.45) is 5.98. The van der Waals surface area contributed by atoms with Crippen LogP contribution in [0.2, 0.25) is 0 Å². The van der Waals surface area contributed by atoms with E-state index in [2.05, 4.69) is 15.2 Å². The average Bonchev–Trinajstić information content (AvgIpc) is 3.52. The average molecular weight is 431 g/mol. The fraction of sp³-hybridized carbons (Fsp3) is 0.250. The summed E-state index contributed by atoms with van der Waals surface area (Å²) >= 11 is 0. The normalized spacial score (nSPS) is 16.3. The SMILES string of the molecule is O=C(c1cccc(-n2cccn2)c1)N1CCCC(Cc2nc(-c3ccccc3F)no2)C1. The van der Waals surface area contributed by atoms with Crippen LogP contribution in [0.3, 0.4) is 0 Å². The zero-order valence-electron chi connectivity index (χ0n) is 17.4. The Bertz CT molecular complexity index is 1220. The molecule has 1 unspecified atom stereocenters. The van der Waals surface area contributed by atoms with Crippen LogP contribution >= 0.6 is 0 Å². The van der Waals surface area contributed by atoms with E-state index in [-0.39, 0.29) is 23.5 Å².